The van der Waals surface area contributed by atoms with E-state index < -0.39 is 20.4 Å². The summed E-state index contributed by atoms with van der Waals surface area (Å²) in [5.74, 6) is 0.618. The topological polar surface area (TPSA) is 0 Å². The van der Waals surface area contributed by atoms with Gasteiger partial charge in [0.15, 0.2) is 0 Å². The van der Waals surface area contributed by atoms with Gasteiger partial charge in [-0.25, -0.2) is 0 Å². The number of hydrogen-bond acceptors (Lipinski definition) is 0. The third kappa shape index (κ3) is 5.30. The maximum atomic E-state index is 8.85. The molecule has 52 heavy (non-hydrogen) atoms. The summed E-state index contributed by atoms with van der Waals surface area (Å²) in [6.07, 6.45) is 5.01. The number of benzene rings is 6. The Balaban J connectivity index is 1.40. The first-order valence-corrected chi connectivity index (χ1v) is 34.2. The first-order chi connectivity index (χ1) is 24.8. The van der Waals surface area contributed by atoms with E-state index in [2.05, 4.69) is 176 Å². The van der Waals surface area contributed by atoms with Gasteiger partial charge in [0, 0.05) is 0 Å². The van der Waals surface area contributed by atoms with Crippen molar-refractivity contribution in [1.82, 2.24) is 0 Å². The second-order valence-electron chi connectivity index (χ2n) is 16.2. The molecule has 6 aromatic carbocycles. The molecule has 8 rings (SSSR count). The third-order valence-electron chi connectivity index (χ3n) is 12.3. The number of allylic oxidation sites excluding steroid dienone is 2. The van der Waals surface area contributed by atoms with Gasteiger partial charge in [-0.1, -0.05) is 0 Å². The van der Waals surface area contributed by atoms with Crippen molar-refractivity contribution in [3.63, 3.8) is 0 Å². The average molecular weight is 815 g/mol. The van der Waals surface area contributed by atoms with Gasteiger partial charge in [-0.2, -0.15) is 0 Å². The van der Waals surface area contributed by atoms with Gasteiger partial charge in [-0.3, -0.25) is 0 Å². The zero-order valence-corrected chi connectivity index (χ0v) is 36.6. The SMILES string of the molecule is Cc1cccc2cccc(-c3cccc4c3C=C(C(C)C)[CH]4[Zr]([Cl])([Cl])([CH]3C(C(C)C)=Cc4c(-c5cccc6cccc(C)c56)cccc43)=[Si](C)C)c12. The van der Waals surface area contributed by atoms with Gasteiger partial charge in [-0.05, 0) is 0 Å². The third-order valence-corrected chi connectivity index (χ3v) is 58.7. The molecule has 2 atom stereocenters. The van der Waals surface area contributed by atoms with Crippen LogP contribution in [0.15, 0.2) is 120 Å². The van der Waals surface area contributed by atoms with E-state index in [4.69, 9.17) is 17.0 Å². The molecule has 262 valence electrons. The normalized spacial score (nSPS) is 17.2. The molecule has 2 unspecified atom stereocenters. The fraction of sp³-hybridized carbons (Fsp3) is 0.250. The van der Waals surface area contributed by atoms with Crippen LogP contribution >= 0.6 is 17.0 Å². The van der Waals surface area contributed by atoms with E-state index in [9.17, 15) is 0 Å². The molecule has 0 bridgehead atoms. The molecule has 0 fully saturated rings. The summed E-state index contributed by atoms with van der Waals surface area (Å²) in [4.78, 5) is 0. The van der Waals surface area contributed by atoms with Gasteiger partial charge in [0.05, 0.1) is 0 Å². The van der Waals surface area contributed by atoms with Gasteiger partial charge in [0.2, 0.25) is 0 Å². The van der Waals surface area contributed by atoms with Crippen molar-refractivity contribution < 1.29 is 15.0 Å². The van der Waals surface area contributed by atoms with E-state index in [1.807, 2.05) is 0 Å². The number of aryl methyl sites for hydroxylation is 2. The van der Waals surface area contributed by atoms with E-state index in [0.717, 1.165) is 0 Å². The Hall–Kier alpha value is -3.00. The van der Waals surface area contributed by atoms with Crippen LogP contribution in [0.3, 0.4) is 0 Å². The average Bonchev–Trinajstić information content (AvgIpc) is 3.73. The monoisotopic (exact) mass is 812 g/mol. The summed E-state index contributed by atoms with van der Waals surface area (Å²) in [5.41, 5.74) is 14.6. The maximum absolute atomic E-state index is 8.85. The minimum atomic E-state index is -5.03. The zero-order chi connectivity index (χ0) is 36.7. The van der Waals surface area contributed by atoms with Crippen molar-refractivity contribution in [3.8, 4) is 22.3 Å². The quantitative estimate of drug-likeness (QED) is 0.147. The summed E-state index contributed by atoms with van der Waals surface area (Å²) in [6, 6.07) is 40.6. The van der Waals surface area contributed by atoms with E-state index >= 15 is 0 Å². The van der Waals surface area contributed by atoms with Crippen LogP contribution < -0.4 is 0 Å². The van der Waals surface area contributed by atoms with Crippen LogP contribution in [0.25, 0.3) is 56.0 Å². The van der Waals surface area contributed by atoms with Gasteiger partial charge >= 0.3 is 321 Å². The molecule has 6 aromatic rings. The molecule has 2 aliphatic rings. The predicted octanol–water partition coefficient (Wildman–Crippen LogP) is 15.1. The van der Waals surface area contributed by atoms with Crippen molar-refractivity contribution in [1.29, 1.82) is 0 Å². The minimum absolute atomic E-state index is 0.0289. The predicted molar refractivity (Wildman–Crippen MR) is 229 cm³/mol. The second-order valence-corrected chi connectivity index (χ2v) is 55.0. The van der Waals surface area contributed by atoms with E-state index in [-0.39, 0.29) is 7.25 Å². The van der Waals surface area contributed by atoms with Crippen LogP contribution in [0.5, 0.6) is 0 Å². The van der Waals surface area contributed by atoms with Crippen LogP contribution in [-0.4, -0.2) is 5.43 Å². The first-order valence-electron chi connectivity index (χ1n) is 18.9. The van der Waals surface area contributed by atoms with E-state index in [1.54, 1.807) is 0 Å². The summed E-state index contributed by atoms with van der Waals surface area (Å²) in [6.45, 7) is 18.7. The molecule has 0 N–H and O–H groups in total. The van der Waals surface area contributed by atoms with Gasteiger partial charge in [-0.15, -0.1) is 0 Å². The molecular weight excluding hydrogens is 767 g/mol. The van der Waals surface area contributed by atoms with Crippen molar-refractivity contribution in [3.05, 3.63) is 154 Å². The number of rotatable bonds is 6. The van der Waals surface area contributed by atoms with Crippen LogP contribution in [0.2, 0.25) is 13.1 Å². The van der Waals surface area contributed by atoms with Crippen LogP contribution in [0.4, 0.5) is 0 Å². The Morgan fingerprint density at radius 2 is 0.846 bits per heavy atom. The van der Waals surface area contributed by atoms with Gasteiger partial charge in [0.25, 0.3) is 0 Å². The van der Waals surface area contributed by atoms with Crippen molar-refractivity contribution in [2.75, 3.05) is 0 Å². The van der Waals surface area contributed by atoms with Crippen LogP contribution in [0.1, 0.15) is 68.3 Å². The molecular formula is C48H48Cl2SiZr. The Kier molecular flexibility index (Phi) is 9.06. The van der Waals surface area contributed by atoms with Crippen LogP contribution in [-0.2, 0) is 15.0 Å². The molecule has 0 heterocycles. The Morgan fingerprint density at radius 3 is 1.21 bits per heavy atom. The molecule has 0 nitrogen and oxygen atoms in total. The number of hydrogen-bond donors (Lipinski definition) is 0. The van der Waals surface area contributed by atoms with Crippen LogP contribution in [0, 0.1) is 25.7 Å². The van der Waals surface area contributed by atoms with Crippen molar-refractivity contribution in [2.45, 2.75) is 61.9 Å². The molecule has 0 spiro atoms. The first kappa shape index (κ1) is 36.0. The molecule has 0 aromatic heterocycles. The molecule has 0 aliphatic heterocycles. The zero-order valence-electron chi connectivity index (χ0n) is 31.6. The summed E-state index contributed by atoms with van der Waals surface area (Å²) < 4.78 is 0.0579. The Labute approximate surface area is 318 Å². The Bertz CT molecular complexity index is 2410. The summed E-state index contributed by atoms with van der Waals surface area (Å²) in [5, 5.41) is 5.20. The molecule has 0 amide bonds. The van der Waals surface area contributed by atoms with Gasteiger partial charge < -0.3 is 0 Å². The Morgan fingerprint density at radius 1 is 0.500 bits per heavy atom. The second kappa shape index (κ2) is 13.1. The molecule has 0 radical (unpaired) electrons. The van der Waals surface area contributed by atoms with E-state index in [1.165, 1.54) is 88.3 Å². The fourth-order valence-electron chi connectivity index (χ4n) is 9.75. The molecule has 0 saturated heterocycles. The standard InChI is InChI=1S/2C23H21.C2H6Si.2ClH.Zr/c2*1-15(2)19-13-18-10-6-11-20(22(18)14-19)21-12-5-9-17-8-4-7-16(3)23(17)21;1-3-2;;;/h2*4-15H,1-3H3;1-2H3;2*1H;/q;;;;;+2/p-2. The summed E-state index contributed by atoms with van der Waals surface area (Å²) >= 11 is -5.03. The number of halogens is 2. The van der Waals surface area contributed by atoms with Crippen molar-refractivity contribution >= 4 is 56.2 Å². The number of fused-ring (bicyclic) bond motifs is 4. The van der Waals surface area contributed by atoms with E-state index in [0.29, 0.717) is 11.8 Å². The molecule has 0 saturated carbocycles. The van der Waals surface area contributed by atoms with Gasteiger partial charge in [0.1, 0.15) is 0 Å². The summed E-state index contributed by atoms with van der Waals surface area (Å²) in [7, 11) is 17.7. The van der Waals surface area contributed by atoms with Crippen molar-refractivity contribution in [2.24, 2.45) is 11.8 Å². The fourth-order valence-corrected chi connectivity index (χ4v) is 38.9. The molecule has 4 heteroatoms. The molecule has 2 aliphatic carbocycles.